The fraction of sp³-hybridized carbons (Fsp3) is 0.542. The maximum Gasteiger partial charge on any atom is 0.270 e. The standard InChI is InChI=1S/C15H21N5O4.C9H13N3O6/c1-8(2)3-4-16-13-10-14(18-6-17-13)20(7-19-10)15-12(23)11(22)9(5-21)24-15;10-9(17)4-6(15)3(11-12-4)8-7(16)5(14)2(1-13)18-8/h3,6-7,9,11-12,15,21-23H,4-5H2,1-2H3,(H,16,17,18);2,5,7-8,13-16H,1H2,(H2,10,17)(H,11,12)/t9-,11-,12-,15-;2-,5-,7-,8+/m11/s1. The van der Waals surface area contributed by atoms with Gasteiger partial charge in [0, 0.05) is 6.54 Å². The van der Waals surface area contributed by atoms with Crippen molar-refractivity contribution in [1.29, 1.82) is 0 Å². The zero-order valence-electron chi connectivity index (χ0n) is 22.6. The predicted octanol–water partition coefficient (Wildman–Crippen LogP) is -2.82. The maximum atomic E-state index is 10.9. The number of nitrogens with two attached hydrogens (primary N) is 1. The zero-order valence-corrected chi connectivity index (χ0v) is 22.6. The molecule has 230 valence electrons. The highest BCUT2D eigenvalue weighted by Gasteiger charge is 2.46. The Bertz CT molecular complexity index is 1410. The van der Waals surface area contributed by atoms with Crippen LogP contribution < -0.4 is 11.1 Å². The second-order valence-electron chi connectivity index (χ2n) is 9.89. The van der Waals surface area contributed by atoms with E-state index in [-0.39, 0.29) is 18.0 Å². The minimum absolute atomic E-state index is 0.147. The molecule has 42 heavy (non-hydrogen) atoms. The molecule has 8 atom stereocenters. The molecule has 11 N–H and O–H groups in total. The van der Waals surface area contributed by atoms with Gasteiger partial charge in [-0.3, -0.25) is 14.5 Å². The molecule has 3 aromatic heterocycles. The van der Waals surface area contributed by atoms with Crippen LogP contribution in [0, 0.1) is 0 Å². The number of allylic oxidation sites excluding steroid dienone is 1. The average molecular weight is 595 g/mol. The van der Waals surface area contributed by atoms with Crippen molar-refractivity contribution in [3.63, 3.8) is 0 Å². The summed E-state index contributed by atoms with van der Waals surface area (Å²) < 4.78 is 12.2. The van der Waals surface area contributed by atoms with Gasteiger partial charge < -0.3 is 56.3 Å². The number of carbonyl (C=O) groups excluding carboxylic acids is 1. The summed E-state index contributed by atoms with van der Waals surface area (Å²) in [4.78, 5) is 23.6. The predicted molar refractivity (Wildman–Crippen MR) is 142 cm³/mol. The van der Waals surface area contributed by atoms with Crippen molar-refractivity contribution in [3.8, 4) is 5.75 Å². The topological polar surface area (TPSA) is 287 Å². The van der Waals surface area contributed by atoms with Gasteiger partial charge in [0.15, 0.2) is 34.7 Å². The Hall–Kier alpha value is -3.75. The molecule has 0 saturated carbocycles. The number of imidazole rings is 1. The summed E-state index contributed by atoms with van der Waals surface area (Å²) in [5, 5.41) is 76.1. The van der Waals surface area contributed by atoms with Crippen LogP contribution in [0.1, 0.15) is 42.4 Å². The summed E-state index contributed by atoms with van der Waals surface area (Å²) in [7, 11) is 0. The quantitative estimate of drug-likeness (QED) is 0.118. The van der Waals surface area contributed by atoms with E-state index in [1.54, 1.807) is 0 Å². The number of hydrogen-bond acceptors (Lipinski definition) is 15. The molecule has 0 aromatic carbocycles. The highest BCUT2D eigenvalue weighted by molar-refractivity contribution is 5.93. The molecule has 18 heteroatoms. The molecule has 2 fully saturated rings. The number of ether oxygens (including phenoxy) is 2. The lowest BCUT2D eigenvalue weighted by Gasteiger charge is -2.16. The number of fused-ring (bicyclic) bond motifs is 1. The van der Waals surface area contributed by atoms with E-state index >= 15 is 0 Å². The Morgan fingerprint density at radius 2 is 1.71 bits per heavy atom. The molecule has 3 aromatic rings. The van der Waals surface area contributed by atoms with Gasteiger partial charge in [-0.15, -0.1) is 0 Å². The summed E-state index contributed by atoms with van der Waals surface area (Å²) in [5.41, 5.74) is 6.71. The van der Waals surface area contributed by atoms with Crippen LogP contribution in [0.5, 0.6) is 5.75 Å². The molecule has 2 aliphatic rings. The Kier molecular flexibility index (Phi) is 9.69. The van der Waals surface area contributed by atoms with Crippen molar-refractivity contribution < 1.29 is 50.0 Å². The summed E-state index contributed by atoms with van der Waals surface area (Å²) in [6, 6.07) is 0. The number of aliphatic hydroxyl groups excluding tert-OH is 6. The highest BCUT2D eigenvalue weighted by atomic mass is 16.6. The van der Waals surface area contributed by atoms with Crippen LogP contribution in [-0.4, -0.2) is 128 Å². The van der Waals surface area contributed by atoms with Crippen molar-refractivity contribution in [3.05, 3.63) is 35.7 Å². The van der Waals surface area contributed by atoms with Crippen LogP contribution >= 0.6 is 0 Å². The van der Waals surface area contributed by atoms with Crippen LogP contribution in [0.2, 0.25) is 0 Å². The number of primary amides is 1. The number of amides is 1. The molecule has 0 radical (unpaired) electrons. The molecular formula is C24H34N8O10. The summed E-state index contributed by atoms with van der Waals surface area (Å²) in [6.45, 7) is 3.74. The first-order valence-corrected chi connectivity index (χ1v) is 12.9. The SMILES string of the molecule is CC(C)=CCNc1ncnc2c1ncn2[C@@H]1O[C@H](CO)[C@@H](O)[C@H]1O.NC(=O)c1[nH]nc([C@@H]2O[C@H](CO)[C@@H](O)[C@H]2O)c1O. The molecule has 0 bridgehead atoms. The Morgan fingerprint density at radius 3 is 2.29 bits per heavy atom. The van der Waals surface area contributed by atoms with Gasteiger partial charge in [-0.05, 0) is 13.8 Å². The van der Waals surface area contributed by atoms with Gasteiger partial charge in [-0.1, -0.05) is 11.6 Å². The minimum atomic E-state index is -1.38. The average Bonchev–Trinajstić information content (AvgIpc) is 3.70. The normalized spacial score (nSPS) is 28.9. The van der Waals surface area contributed by atoms with Crippen LogP contribution in [0.15, 0.2) is 24.3 Å². The first-order chi connectivity index (χ1) is 20.0. The van der Waals surface area contributed by atoms with Gasteiger partial charge in [-0.25, -0.2) is 15.0 Å². The number of H-pyrrole nitrogens is 1. The van der Waals surface area contributed by atoms with E-state index in [1.165, 1.54) is 22.8 Å². The number of anilines is 1. The second-order valence-corrected chi connectivity index (χ2v) is 9.89. The smallest absolute Gasteiger partial charge is 0.270 e. The van der Waals surface area contributed by atoms with Crippen molar-refractivity contribution in [2.24, 2.45) is 5.73 Å². The summed E-state index contributed by atoms with van der Waals surface area (Å²) in [6.07, 6.45) is -4.01. The Labute approximate surface area is 238 Å². The highest BCUT2D eigenvalue weighted by Crippen LogP contribution is 2.37. The lowest BCUT2D eigenvalue weighted by Crippen LogP contribution is -2.33. The second kappa shape index (κ2) is 13.0. The number of aliphatic hydroxyl groups is 6. The molecule has 5 rings (SSSR count). The third kappa shape index (κ3) is 6.05. The van der Waals surface area contributed by atoms with Crippen LogP contribution in [0.3, 0.4) is 0 Å². The molecular weight excluding hydrogens is 560 g/mol. The summed E-state index contributed by atoms with van der Waals surface area (Å²) in [5.74, 6) is -0.890. The summed E-state index contributed by atoms with van der Waals surface area (Å²) >= 11 is 0. The van der Waals surface area contributed by atoms with E-state index in [9.17, 15) is 35.4 Å². The van der Waals surface area contributed by atoms with E-state index in [1.807, 2.05) is 19.9 Å². The number of nitrogens with one attached hydrogen (secondary N) is 2. The lowest BCUT2D eigenvalue weighted by atomic mass is 10.1. The van der Waals surface area contributed by atoms with Crippen molar-refractivity contribution in [2.75, 3.05) is 25.1 Å². The molecule has 0 unspecified atom stereocenters. The van der Waals surface area contributed by atoms with Crippen molar-refractivity contribution in [1.82, 2.24) is 29.7 Å². The number of carbonyl (C=O) groups is 1. The monoisotopic (exact) mass is 594 g/mol. The van der Waals surface area contributed by atoms with E-state index in [0.29, 0.717) is 23.5 Å². The number of hydrogen-bond donors (Lipinski definition) is 10. The number of aromatic nitrogens is 6. The van der Waals surface area contributed by atoms with E-state index < -0.39 is 67.2 Å². The Morgan fingerprint density at radius 1 is 1.05 bits per heavy atom. The van der Waals surface area contributed by atoms with Crippen LogP contribution in [-0.2, 0) is 9.47 Å². The van der Waals surface area contributed by atoms with Gasteiger partial charge in [-0.2, -0.15) is 5.10 Å². The van der Waals surface area contributed by atoms with Crippen LogP contribution in [0.4, 0.5) is 5.82 Å². The fourth-order valence-corrected chi connectivity index (χ4v) is 4.47. The van der Waals surface area contributed by atoms with Gasteiger partial charge in [0.1, 0.15) is 54.7 Å². The van der Waals surface area contributed by atoms with E-state index in [2.05, 4.69) is 30.5 Å². The minimum Gasteiger partial charge on any atom is -0.504 e. The van der Waals surface area contributed by atoms with Crippen LogP contribution in [0.25, 0.3) is 11.2 Å². The van der Waals surface area contributed by atoms with Gasteiger partial charge in [0.05, 0.1) is 19.5 Å². The number of aromatic amines is 1. The molecule has 1 amide bonds. The third-order valence-electron chi connectivity index (χ3n) is 6.76. The van der Waals surface area contributed by atoms with Crippen molar-refractivity contribution in [2.45, 2.75) is 62.8 Å². The largest absolute Gasteiger partial charge is 0.504 e. The zero-order chi connectivity index (χ0) is 30.7. The van der Waals surface area contributed by atoms with Crippen molar-refractivity contribution >= 4 is 22.9 Å². The number of aromatic hydroxyl groups is 1. The van der Waals surface area contributed by atoms with Gasteiger partial charge >= 0.3 is 0 Å². The maximum absolute atomic E-state index is 10.9. The first kappa shape index (κ1) is 31.2. The molecule has 0 aliphatic carbocycles. The first-order valence-electron chi connectivity index (χ1n) is 12.9. The van der Waals surface area contributed by atoms with Gasteiger partial charge in [0.25, 0.3) is 5.91 Å². The van der Waals surface area contributed by atoms with E-state index in [4.69, 9.17) is 20.3 Å². The third-order valence-corrected chi connectivity index (χ3v) is 6.76. The molecule has 2 aliphatic heterocycles. The Balaban J connectivity index is 0.000000201. The lowest BCUT2D eigenvalue weighted by molar-refractivity contribution is -0.0511. The molecule has 18 nitrogen and oxygen atoms in total. The van der Waals surface area contributed by atoms with Gasteiger partial charge in [0.2, 0.25) is 0 Å². The fourth-order valence-electron chi connectivity index (χ4n) is 4.47. The number of nitrogens with zero attached hydrogens (tertiary/aromatic N) is 5. The molecule has 0 spiro atoms. The molecule has 2 saturated heterocycles. The van der Waals surface area contributed by atoms with E-state index in [0.717, 1.165) is 0 Å². The number of rotatable bonds is 8. The molecule has 5 heterocycles.